The largest absolute Gasteiger partial charge is 0.516 e. The van der Waals surface area contributed by atoms with Gasteiger partial charge in [0.15, 0.2) is 0 Å². The number of ether oxygens (including phenoxy) is 1. The van der Waals surface area contributed by atoms with E-state index in [0.29, 0.717) is 0 Å². The topological polar surface area (TPSA) is 75.7 Å². The van der Waals surface area contributed by atoms with Crippen molar-refractivity contribution in [3.05, 3.63) is 12.3 Å². The molecule has 1 unspecified atom stereocenters. The first kappa shape index (κ1) is 9.42. The molecule has 0 aliphatic rings. The maximum absolute atomic E-state index is 9.06. The smallest absolute Gasteiger partial charge is 0.103 e. The monoisotopic (exact) mass is 147 g/mol. The summed E-state index contributed by atoms with van der Waals surface area (Å²) in [6, 6.07) is 0. The van der Waals surface area contributed by atoms with Gasteiger partial charge in [-0.25, -0.2) is 0 Å². The third kappa shape index (κ3) is 2.82. The minimum absolute atomic E-state index is 0.224. The predicted octanol–water partition coefficient (Wildman–Crippen LogP) is -0.607. The number of nitrogens with two attached hydrogens (primary N) is 1. The Morgan fingerprint density at radius 3 is 2.60 bits per heavy atom. The van der Waals surface area contributed by atoms with Crippen molar-refractivity contribution >= 4 is 0 Å². The van der Waals surface area contributed by atoms with Crippen LogP contribution < -0.4 is 5.73 Å². The van der Waals surface area contributed by atoms with Crippen LogP contribution in [0.3, 0.4) is 0 Å². The van der Waals surface area contributed by atoms with Crippen molar-refractivity contribution < 1.29 is 14.9 Å². The summed E-state index contributed by atoms with van der Waals surface area (Å²) in [6.45, 7) is 0.224. The predicted molar refractivity (Wildman–Crippen MR) is 37.6 cm³/mol. The number of hydrogen-bond donors (Lipinski definition) is 3. The first-order valence-corrected chi connectivity index (χ1v) is 2.98. The van der Waals surface area contributed by atoms with Crippen LogP contribution in [0.15, 0.2) is 12.3 Å². The van der Waals surface area contributed by atoms with Crippen LogP contribution in [0.2, 0.25) is 0 Å². The zero-order valence-electron chi connectivity index (χ0n) is 5.90. The van der Waals surface area contributed by atoms with Crippen LogP contribution in [0.4, 0.5) is 0 Å². The number of aliphatic hydroxyl groups excluding tert-OH is 2. The van der Waals surface area contributed by atoms with Crippen molar-refractivity contribution in [1.82, 2.24) is 0 Å². The Labute approximate surface area is 59.9 Å². The number of aliphatic hydroxyl groups is 2. The summed E-state index contributed by atoms with van der Waals surface area (Å²) in [6.07, 6.45) is 0.705. The van der Waals surface area contributed by atoms with Crippen LogP contribution in [-0.4, -0.2) is 36.1 Å². The molecule has 60 valence electrons. The quantitative estimate of drug-likeness (QED) is 0.464. The molecule has 0 aliphatic heterocycles. The average Bonchev–Trinajstić information content (AvgIpc) is 1.91. The molecule has 0 saturated carbocycles. The van der Waals surface area contributed by atoms with E-state index in [2.05, 4.69) is 0 Å². The highest BCUT2D eigenvalue weighted by Gasteiger charge is 2.12. The van der Waals surface area contributed by atoms with Gasteiger partial charge in [0.1, 0.15) is 6.10 Å². The summed E-state index contributed by atoms with van der Waals surface area (Å²) in [5, 5.41) is 17.3. The zero-order chi connectivity index (χ0) is 7.98. The summed E-state index contributed by atoms with van der Waals surface area (Å²) in [4.78, 5) is 0. The van der Waals surface area contributed by atoms with Crippen LogP contribution in [-0.2, 0) is 4.74 Å². The molecule has 4 nitrogen and oxygen atoms in total. The minimum Gasteiger partial charge on any atom is -0.516 e. The molecule has 10 heavy (non-hydrogen) atoms. The molecule has 0 saturated heterocycles. The molecule has 0 aromatic carbocycles. The fourth-order valence-electron chi connectivity index (χ4n) is 0.587. The summed E-state index contributed by atoms with van der Waals surface area (Å²) >= 11 is 0. The molecular formula is C6H13NO3. The minimum atomic E-state index is -0.833. The zero-order valence-corrected chi connectivity index (χ0v) is 5.90. The van der Waals surface area contributed by atoms with E-state index < -0.39 is 12.2 Å². The highest BCUT2D eigenvalue weighted by molar-refractivity contribution is 4.88. The van der Waals surface area contributed by atoms with Crippen LogP contribution in [0, 0.1) is 0 Å². The summed E-state index contributed by atoms with van der Waals surface area (Å²) in [5.74, 6) is 0. The molecule has 4 heteroatoms. The fourth-order valence-corrected chi connectivity index (χ4v) is 0.587. The fraction of sp³-hybridized carbons (Fsp3) is 0.667. The Bertz CT molecular complexity index is 101. The lowest BCUT2D eigenvalue weighted by Gasteiger charge is -2.15. The molecule has 0 amide bonds. The molecule has 0 radical (unpaired) electrons. The van der Waals surface area contributed by atoms with Gasteiger partial charge in [-0.1, -0.05) is 0 Å². The van der Waals surface area contributed by atoms with Gasteiger partial charge in [0, 0.05) is 13.7 Å². The van der Waals surface area contributed by atoms with E-state index in [1.165, 1.54) is 13.2 Å². The SMILES string of the molecule is COC(CN)[C@H](O)/C=C/O. The van der Waals surface area contributed by atoms with Crippen LogP contribution >= 0.6 is 0 Å². The third-order valence-electron chi connectivity index (χ3n) is 1.20. The van der Waals surface area contributed by atoms with Gasteiger partial charge in [-0.2, -0.15) is 0 Å². The average molecular weight is 147 g/mol. The van der Waals surface area contributed by atoms with Gasteiger partial charge in [0.05, 0.1) is 12.4 Å². The Hall–Kier alpha value is -0.580. The van der Waals surface area contributed by atoms with Crippen molar-refractivity contribution in [3.8, 4) is 0 Å². The van der Waals surface area contributed by atoms with E-state index in [9.17, 15) is 0 Å². The van der Waals surface area contributed by atoms with Gasteiger partial charge in [-0.05, 0) is 6.08 Å². The lowest BCUT2D eigenvalue weighted by molar-refractivity contribution is 0.0175. The van der Waals surface area contributed by atoms with E-state index in [0.717, 1.165) is 6.26 Å². The normalized spacial score (nSPS) is 17.5. The Balaban J connectivity index is 3.75. The molecule has 0 aromatic rings. The molecule has 0 aromatic heterocycles. The van der Waals surface area contributed by atoms with E-state index in [4.69, 9.17) is 20.7 Å². The second kappa shape index (κ2) is 5.22. The molecule has 0 aliphatic carbocycles. The second-order valence-corrected chi connectivity index (χ2v) is 1.84. The standard InChI is InChI=1S/C6H13NO3/c1-10-6(4-7)5(9)2-3-8/h2-3,5-6,8-9H,4,7H2,1H3/b3-2+/t5-,6?/m1/s1. The molecule has 0 heterocycles. The first-order valence-electron chi connectivity index (χ1n) is 2.98. The summed E-state index contributed by atoms with van der Waals surface area (Å²) in [7, 11) is 1.45. The van der Waals surface area contributed by atoms with Crippen molar-refractivity contribution in [1.29, 1.82) is 0 Å². The van der Waals surface area contributed by atoms with E-state index in [-0.39, 0.29) is 6.54 Å². The first-order chi connectivity index (χ1) is 4.76. The van der Waals surface area contributed by atoms with Gasteiger partial charge in [0.2, 0.25) is 0 Å². The van der Waals surface area contributed by atoms with Crippen LogP contribution in [0.5, 0.6) is 0 Å². The van der Waals surface area contributed by atoms with Gasteiger partial charge in [-0.3, -0.25) is 0 Å². The lowest BCUT2D eigenvalue weighted by Crippen LogP contribution is -2.33. The molecular weight excluding hydrogens is 134 g/mol. The van der Waals surface area contributed by atoms with Crippen molar-refractivity contribution in [2.45, 2.75) is 12.2 Å². The van der Waals surface area contributed by atoms with Crippen LogP contribution in [0.25, 0.3) is 0 Å². The summed E-state index contributed by atoms with van der Waals surface area (Å²) < 4.78 is 4.78. The highest BCUT2D eigenvalue weighted by atomic mass is 16.5. The van der Waals surface area contributed by atoms with Gasteiger partial charge < -0.3 is 20.7 Å². The van der Waals surface area contributed by atoms with E-state index in [1.54, 1.807) is 0 Å². The highest BCUT2D eigenvalue weighted by Crippen LogP contribution is 1.96. The molecule has 0 rings (SSSR count). The summed E-state index contributed by atoms with van der Waals surface area (Å²) in [5.41, 5.74) is 5.21. The Kier molecular flexibility index (Phi) is 4.92. The van der Waals surface area contributed by atoms with Crippen LogP contribution in [0.1, 0.15) is 0 Å². The maximum atomic E-state index is 9.06. The molecule has 4 N–H and O–H groups in total. The molecule has 2 atom stereocenters. The molecule has 0 fully saturated rings. The second-order valence-electron chi connectivity index (χ2n) is 1.84. The Morgan fingerprint density at radius 1 is 1.70 bits per heavy atom. The van der Waals surface area contributed by atoms with E-state index in [1.807, 2.05) is 0 Å². The van der Waals surface area contributed by atoms with Crippen molar-refractivity contribution in [3.63, 3.8) is 0 Å². The van der Waals surface area contributed by atoms with Gasteiger partial charge in [0.25, 0.3) is 0 Å². The lowest BCUT2D eigenvalue weighted by atomic mass is 10.2. The maximum Gasteiger partial charge on any atom is 0.103 e. The molecule has 0 spiro atoms. The third-order valence-corrected chi connectivity index (χ3v) is 1.20. The van der Waals surface area contributed by atoms with Gasteiger partial charge in [-0.15, -0.1) is 0 Å². The number of rotatable bonds is 4. The molecule has 0 bridgehead atoms. The van der Waals surface area contributed by atoms with Gasteiger partial charge >= 0.3 is 0 Å². The van der Waals surface area contributed by atoms with E-state index >= 15 is 0 Å². The number of hydrogen-bond acceptors (Lipinski definition) is 4. The number of methoxy groups -OCH3 is 1. The van der Waals surface area contributed by atoms with Crippen molar-refractivity contribution in [2.24, 2.45) is 5.73 Å². The Morgan fingerprint density at radius 2 is 2.30 bits per heavy atom. The van der Waals surface area contributed by atoms with Crippen molar-refractivity contribution in [2.75, 3.05) is 13.7 Å².